The Morgan fingerprint density at radius 1 is 1.25 bits per heavy atom. The van der Waals surface area contributed by atoms with Gasteiger partial charge in [0.2, 0.25) is 11.8 Å². The number of hydrogen-bond acceptors (Lipinski definition) is 2. The summed E-state index contributed by atoms with van der Waals surface area (Å²) in [7, 11) is 0. The Morgan fingerprint density at radius 3 is 2.67 bits per heavy atom. The van der Waals surface area contributed by atoms with Crippen molar-refractivity contribution >= 4 is 34.8 Å². The Morgan fingerprint density at radius 2 is 1.96 bits per heavy atom. The third-order valence-corrected chi connectivity index (χ3v) is 4.27. The molecule has 1 heterocycles. The normalized spacial score (nSPS) is 17.2. The average molecular weight is 347 g/mol. The third kappa shape index (κ3) is 3.41. The van der Waals surface area contributed by atoms with Crippen LogP contribution in [0, 0.1) is 18.7 Å². The van der Waals surface area contributed by atoms with E-state index in [1.54, 1.807) is 41.3 Å². The van der Waals surface area contributed by atoms with Crippen molar-refractivity contribution in [3.05, 3.63) is 58.9 Å². The van der Waals surface area contributed by atoms with Crippen LogP contribution >= 0.6 is 11.6 Å². The second-order valence-corrected chi connectivity index (χ2v) is 6.29. The Balaban J connectivity index is 1.72. The van der Waals surface area contributed by atoms with E-state index >= 15 is 0 Å². The van der Waals surface area contributed by atoms with Crippen LogP contribution in [0.4, 0.5) is 15.8 Å². The molecule has 0 aliphatic carbocycles. The number of benzene rings is 2. The number of rotatable bonds is 3. The highest BCUT2D eigenvalue weighted by Crippen LogP contribution is 2.27. The molecule has 1 N–H and O–H groups in total. The van der Waals surface area contributed by atoms with Crippen LogP contribution in [0.1, 0.15) is 12.0 Å². The molecule has 1 aliphatic heterocycles. The summed E-state index contributed by atoms with van der Waals surface area (Å²) in [6, 6.07) is 11.4. The van der Waals surface area contributed by atoms with E-state index in [2.05, 4.69) is 5.32 Å². The van der Waals surface area contributed by atoms with Crippen LogP contribution in [-0.4, -0.2) is 18.4 Å². The Kier molecular flexibility index (Phi) is 4.53. The zero-order chi connectivity index (χ0) is 17.3. The number of carbonyl (C=O) groups is 2. The zero-order valence-corrected chi connectivity index (χ0v) is 13.8. The first-order valence-electron chi connectivity index (χ1n) is 7.57. The number of nitrogens with zero attached hydrogens (tertiary/aromatic N) is 1. The molecule has 3 rings (SSSR count). The van der Waals surface area contributed by atoms with Crippen molar-refractivity contribution in [1.29, 1.82) is 0 Å². The van der Waals surface area contributed by atoms with Crippen LogP contribution in [0.2, 0.25) is 5.02 Å². The molecule has 124 valence electrons. The molecule has 1 atom stereocenters. The predicted molar refractivity (Wildman–Crippen MR) is 91.7 cm³/mol. The maximum absolute atomic E-state index is 13.8. The molecule has 1 saturated heterocycles. The second-order valence-electron chi connectivity index (χ2n) is 5.85. The maximum atomic E-state index is 13.8. The van der Waals surface area contributed by atoms with Gasteiger partial charge in [-0.15, -0.1) is 0 Å². The van der Waals surface area contributed by atoms with E-state index < -0.39 is 11.7 Å². The summed E-state index contributed by atoms with van der Waals surface area (Å²) >= 11 is 5.85. The van der Waals surface area contributed by atoms with Crippen LogP contribution in [0.5, 0.6) is 0 Å². The van der Waals surface area contributed by atoms with Gasteiger partial charge in [-0.1, -0.05) is 17.7 Å². The molecule has 1 aliphatic rings. The Labute approximate surface area is 144 Å². The van der Waals surface area contributed by atoms with Crippen LogP contribution in [0.25, 0.3) is 0 Å². The molecule has 24 heavy (non-hydrogen) atoms. The predicted octanol–water partition coefficient (Wildman–Crippen LogP) is 3.78. The molecule has 0 saturated carbocycles. The van der Waals surface area contributed by atoms with E-state index in [-0.39, 0.29) is 30.5 Å². The van der Waals surface area contributed by atoms with E-state index in [0.29, 0.717) is 10.7 Å². The van der Waals surface area contributed by atoms with Crippen LogP contribution in [0.15, 0.2) is 42.5 Å². The first-order valence-corrected chi connectivity index (χ1v) is 7.95. The smallest absolute Gasteiger partial charge is 0.229 e. The van der Waals surface area contributed by atoms with E-state index in [9.17, 15) is 14.0 Å². The minimum absolute atomic E-state index is 0.0991. The fourth-order valence-corrected chi connectivity index (χ4v) is 2.85. The summed E-state index contributed by atoms with van der Waals surface area (Å²) in [6.07, 6.45) is 0.0991. The molecule has 2 aromatic rings. The molecule has 4 nitrogen and oxygen atoms in total. The standard InChI is InChI=1S/C18H16ClFN2O2/c1-11-2-7-15(20)16(8-11)21-18(24)12-9-17(23)22(10-12)14-5-3-13(19)4-6-14/h2-8,12H,9-10H2,1H3,(H,21,24)/t12-/m0/s1. The van der Waals surface area contributed by atoms with Crippen LogP contribution < -0.4 is 10.2 Å². The number of aryl methyl sites for hydroxylation is 1. The molecule has 2 amide bonds. The molecule has 0 unspecified atom stereocenters. The number of anilines is 2. The van der Waals surface area contributed by atoms with Crippen molar-refractivity contribution in [2.24, 2.45) is 5.92 Å². The number of hydrogen-bond donors (Lipinski definition) is 1. The van der Waals surface area contributed by atoms with Gasteiger partial charge in [-0.2, -0.15) is 0 Å². The molecule has 0 bridgehead atoms. The summed E-state index contributed by atoms with van der Waals surface area (Å²) in [5.74, 6) is -1.51. The summed E-state index contributed by atoms with van der Waals surface area (Å²) < 4.78 is 13.8. The first kappa shape index (κ1) is 16.5. The monoisotopic (exact) mass is 346 g/mol. The number of halogens is 2. The fourth-order valence-electron chi connectivity index (χ4n) is 2.72. The van der Waals surface area contributed by atoms with Crippen molar-refractivity contribution in [1.82, 2.24) is 0 Å². The number of amides is 2. The molecule has 2 aromatic carbocycles. The summed E-state index contributed by atoms with van der Waals surface area (Å²) in [6.45, 7) is 2.08. The van der Waals surface area contributed by atoms with Gasteiger partial charge in [-0.25, -0.2) is 4.39 Å². The van der Waals surface area contributed by atoms with E-state index in [1.807, 2.05) is 6.92 Å². The van der Waals surface area contributed by atoms with Crippen molar-refractivity contribution in [3.63, 3.8) is 0 Å². The SMILES string of the molecule is Cc1ccc(F)c(NC(=O)[C@H]2CC(=O)N(c3ccc(Cl)cc3)C2)c1. The lowest BCUT2D eigenvalue weighted by Gasteiger charge is -2.17. The van der Waals surface area contributed by atoms with Gasteiger partial charge in [-0.3, -0.25) is 9.59 Å². The van der Waals surface area contributed by atoms with Crippen molar-refractivity contribution in [2.75, 3.05) is 16.8 Å². The van der Waals surface area contributed by atoms with Gasteiger partial charge in [0.25, 0.3) is 0 Å². The Bertz CT molecular complexity index is 792. The van der Waals surface area contributed by atoms with E-state index in [0.717, 1.165) is 5.56 Å². The zero-order valence-electron chi connectivity index (χ0n) is 13.1. The average Bonchev–Trinajstić information content (AvgIpc) is 2.94. The molecule has 0 radical (unpaired) electrons. The van der Waals surface area contributed by atoms with E-state index in [4.69, 9.17) is 11.6 Å². The second kappa shape index (κ2) is 6.61. The van der Waals surface area contributed by atoms with Crippen molar-refractivity contribution in [3.8, 4) is 0 Å². The van der Waals surface area contributed by atoms with Gasteiger partial charge < -0.3 is 10.2 Å². The summed E-state index contributed by atoms with van der Waals surface area (Å²) in [5, 5.41) is 3.16. The molecular weight excluding hydrogens is 331 g/mol. The van der Waals surface area contributed by atoms with Gasteiger partial charge in [0.1, 0.15) is 5.82 Å². The van der Waals surface area contributed by atoms with Crippen molar-refractivity contribution in [2.45, 2.75) is 13.3 Å². The van der Waals surface area contributed by atoms with Crippen molar-refractivity contribution < 1.29 is 14.0 Å². The minimum atomic E-state index is -0.520. The number of nitrogens with one attached hydrogen (secondary N) is 1. The fraction of sp³-hybridized carbons (Fsp3) is 0.222. The van der Waals surface area contributed by atoms with Crippen LogP contribution in [-0.2, 0) is 9.59 Å². The lowest BCUT2D eigenvalue weighted by molar-refractivity contribution is -0.122. The Hall–Kier alpha value is -2.40. The summed E-state index contributed by atoms with van der Waals surface area (Å²) in [5.41, 5.74) is 1.68. The quantitative estimate of drug-likeness (QED) is 0.919. The number of carbonyl (C=O) groups excluding carboxylic acids is 2. The molecular formula is C18H16ClFN2O2. The van der Waals surface area contributed by atoms with E-state index in [1.165, 1.54) is 6.07 Å². The molecule has 0 spiro atoms. The highest BCUT2D eigenvalue weighted by Gasteiger charge is 2.35. The summed E-state index contributed by atoms with van der Waals surface area (Å²) in [4.78, 5) is 26.1. The highest BCUT2D eigenvalue weighted by atomic mass is 35.5. The lowest BCUT2D eigenvalue weighted by Crippen LogP contribution is -2.28. The molecule has 0 aromatic heterocycles. The molecule has 6 heteroatoms. The first-order chi connectivity index (χ1) is 11.4. The molecule has 1 fully saturated rings. The largest absolute Gasteiger partial charge is 0.323 e. The van der Waals surface area contributed by atoms with Gasteiger partial charge in [0, 0.05) is 23.7 Å². The maximum Gasteiger partial charge on any atom is 0.229 e. The van der Waals surface area contributed by atoms with Gasteiger partial charge in [-0.05, 0) is 48.9 Å². The minimum Gasteiger partial charge on any atom is -0.323 e. The van der Waals surface area contributed by atoms with Gasteiger partial charge in [0.15, 0.2) is 0 Å². The lowest BCUT2D eigenvalue weighted by atomic mass is 10.1. The highest BCUT2D eigenvalue weighted by molar-refractivity contribution is 6.30. The third-order valence-electron chi connectivity index (χ3n) is 4.01. The van der Waals surface area contributed by atoms with Crippen LogP contribution in [0.3, 0.4) is 0 Å². The topological polar surface area (TPSA) is 49.4 Å². The van der Waals surface area contributed by atoms with Gasteiger partial charge >= 0.3 is 0 Å². The van der Waals surface area contributed by atoms with Gasteiger partial charge in [0.05, 0.1) is 11.6 Å².